The SMILES string of the molecule is CCCCSc1nc(CO)cn1Cc1ccc(F)cc1. The number of benzene rings is 1. The Balaban J connectivity index is 2.12. The van der Waals surface area contributed by atoms with Crippen LogP contribution in [0.3, 0.4) is 0 Å². The van der Waals surface area contributed by atoms with Gasteiger partial charge in [-0.25, -0.2) is 9.37 Å². The van der Waals surface area contributed by atoms with Crippen LogP contribution in [0, 0.1) is 5.82 Å². The number of aromatic nitrogens is 2. The first kappa shape index (κ1) is 15.1. The zero-order valence-corrected chi connectivity index (χ0v) is 12.4. The number of imidazole rings is 1. The smallest absolute Gasteiger partial charge is 0.168 e. The summed E-state index contributed by atoms with van der Waals surface area (Å²) in [5, 5.41) is 10.1. The predicted octanol–water partition coefficient (Wildman–Crippen LogP) is 3.46. The molecule has 0 aliphatic heterocycles. The number of nitrogens with zero attached hydrogens (tertiary/aromatic N) is 2. The standard InChI is InChI=1S/C15H19FN2OS/c1-2-3-8-20-15-17-14(11-19)10-18(15)9-12-4-6-13(16)7-5-12/h4-7,10,19H,2-3,8-9,11H2,1H3. The fourth-order valence-corrected chi connectivity index (χ4v) is 2.93. The third-order valence-corrected chi connectivity index (χ3v) is 4.02. The lowest BCUT2D eigenvalue weighted by Gasteiger charge is -2.07. The van der Waals surface area contributed by atoms with E-state index in [4.69, 9.17) is 0 Å². The van der Waals surface area contributed by atoms with Gasteiger partial charge in [0.15, 0.2) is 5.16 Å². The van der Waals surface area contributed by atoms with Crippen LogP contribution in [0.4, 0.5) is 4.39 Å². The zero-order chi connectivity index (χ0) is 14.4. The van der Waals surface area contributed by atoms with E-state index in [1.807, 2.05) is 10.8 Å². The molecule has 0 spiro atoms. The van der Waals surface area contributed by atoms with Gasteiger partial charge in [-0.3, -0.25) is 0 Å². The Hall–Kier alpha value is -1.33. The predicted molar refractivity (Wildman–Crippen MR) is 79.3 cm³/mol. The van der Waals surface area contributed by atoms with E-state index in [-0.39, 0.29) is 12.4 Å². The van der Waals surface area contributed by atoms with Crippen LogP contribution in [0.15, 0.2) is 35.6 Å². The maximum Gasteiger partial charge on any atom is 0.168 e. The van der Waals surface area contributed by atoms with Crippen LogP contribution in [-0.2, 0) is 13.2 Å². The molecule has 1 heterocycles. The Bertz CT molecular complexity index is 539. The summed E-state index contributed by atoms with van der Waals surface area (Å²) in [6.07, 6.45) is 4.15. The van der Waals surface area contributed by atoms with Gasteiger partial charge < -0.3 is 9.67 Å². The number of thioether (sulfide) groups is 1. The van der Waals surface area contributed by atoms with Gasteiger partial charge in [0.1, 0.15) is 5.82 Å². The summed E-state index contributed by atoms with van der Waals surface area (Å²) in [6.45, 7) is 2.74. The number of rotatable bonds is 7. The summed E-state index contributed by atoms with van der Waals surface area (Å²) >= 11 is 1.70. The van der Waals surface area contributed by atoms with Gasteiger partial charge in [-0.15, -0.1) is 0 Å². The normalized spacial score (nSPS) is 10.9. The van der Waals surface area contributed by atoms with Gasteiger partial charge in [-0.05, 0) is 24.1 Å². The van der Waals surface area contributed by atoms with Crippen molar-refractivity contribution in [3.63, 3.8) is 0 Å². The fourth-order valence-electron chi connectivity index (χ4n) is 1.85. The molecule has 0 fully saturated rings. The molecular formula is C15H19FN2OS. The Morgan fingerprint density at radius 2 is 2.05 bits per heavy atom. The lowest BCUT2D eigenvalue weighted by Crippen LogP contribution is -2.00. The lowest BCUT2D eigenvalue weighted by atomic mass is 10.2. The average molecular weight is 294 g/mol. The number of hydrogen-bond donors (Lipinski definition) is 1. The van der Waals surface area contributed by atoms with Crippen molar-refractivity contribution in [1.82, 2.24) is 9.55 Å². The third-order valence-electron chi connectivity index (χ3n) is 2.95. The Labute approximate surface area is 122 Å². The molecular weight excluding hydrogens is 275 g/mol. The number of unbranched alkanes of at least 4 members (excludes halogenated alkanes) is 1. The van der Waals surface area contributed by atoms with Gasteiger partial charge in [0.2, 0.25) is 0 Å². The monoisotopic (exact) mass is 294 g/mol. The van der Waals surface area contributed by atoms with Crippen molar-refractivity contribution >= 4 is 11.8 Å². The molecule has 0 saturated heterocycles. The molecule has 0 aliphatic rings. The summed E-state index contributed by atoms with van der Waals surface area (Å²) in [4.78, 5) is 4.42. The van der Waals surface area contributed by atoms with Crippen LogP contribution in [0.1, 0.15) is 31.0 Å². The highest BCUT2D eigenvalue weighted by Gasteiger charge is 2.08. The first-order valence-electron chi connectivity index (χ1n) is 6.77. The highest BCUT2D eigenvalue weighted by atomic mass is 32.2. The van der Waals surface area contributed by atoms with Crippen LogP contribution >= 0.6 is 11.8 Å². The van der Waals surface area contributed by atoms with E-state index >= 15 is 0 Å². The van der Waals surface area contributed by atoms with Crippen LogP contribution in [0.5, 0.6) is 0 Å². The molecule has 0 atom stereocenters. The molecule has 1 aromatic heterocycles. The van der Waals surface area contributed by atoms with E-state index in [0.717, 1.165) is 29.3 Å². The molecule has 2 rings (SSSR count). The van der Waals surface area contributed by atoms with E-state index < -0.39 is 0 Å². The van der Waals surface area contributed by atoms with Crippen molar-refractivity contribution in [2.45, 2.75) is 38.1 Å². The van der Waals surface area contributed by atoms with E-state index in [1.54, 1.807) is 23.9 Å². The second-order valence-electron chi connectivity index (χ2n) is 4.63. The highest BCUT2D eigenvalue weighted by molar-refractivity contribution is 7.99. The van der Waals surface area contributed by atoms with Crippen molar-refractivity contribution in [3.05, 3.63) is 47.5 Å². The summed E-state index contributed by atoms with van der Waals surface area (Å²) in [6, 6.07) is 6.47. The minimum Gasteiger partial charge on any atom is -0.390 e. The van der Waals surface area contributed by atoms with Crippen LogP contribution in [0.2, 0.25) is 0 Å². The minimum absolute atomic E-state index is 0.0578. The molecule has 3 nitrogen and oxygen atoms in total. The number of aliphatic hydroxyl groups excluding tert-OH is 1. The molecule has 0 unspecified atom stereocenters. The lowest BCUT2D eigenvalue weighted by molar-refractivity contribution is 0.277. The quantitative estimate of drug-likeness (QED) is 0.628. The molecule has 2 aromatic rings. The van der Waals surface area contributed by atoms with Crippen LogP contribution in [-0.4, -0.2) is 20.4 Å². The average Bonchev–Trinajstić information content (AvgIpc) is 2.84. The summed E-state index contributed by atoms with van der Waals surface area (Å²) in [5.74, 6) is 0.787. The van der Waals surface area contributed by atoms with Gasteiger partial charge in [0, 0.05) is 18.5 Å². The summed E-state index contributed by atoms with van der Waals surface area (Å²) < 4.78 is 14.9. The van der Waals surface area contributed by atoms with Gasteiger partial charge in [-0.2, -0.15) is 0 Å². The molecule has 0 saturated carbocycles. The molecule has 0 bridgehead atoms. The molecule has 0 aliphatic carbocycles. The minimum atomic E-state index is -0.229. The largest absolute Gasteiger partial charge is 0.390 e. The molecule has 0 radical (unpaired) electrons. The molecule has 0 amide bonds. The van der Waals surface area contributed by atoms with E-state index in [0.29, 0.717) is 12.2 Å². The van der Waals surface area contributed by atoms with Crippen molar-refractivity contribution < 1.29 is 9.50 Å². The second-order valence-corrected chi connectivity index (χ2v) is 5.69. The maximum absolute atomic E-state index is 12.9. The van der Waals surface area contributed by atoms with E-state index in [9.17, 15) is 9.50 Å². The number of halogens is 1. The number of aliphatic hydroxyl groups is 1. The maximum atomic E-state index is 12.9. The molecule has 1 aromatic carbocycles. The van der Waals surface area contributed by atoms with Crippen molar-refractivity contribution in [3.8, 4) is 0 Å². The van der Waals surface area contributed by atoms with Gasteiger partial charge in [-0.1, -0.05) is 37.2 Å². The fraction of sp³-hybridized carbons (Fsp3) is 0.400. The van der Waals surface area contributed by atoms with Gasteiger partial charge in [0.05, 0.1) is 12.3 Å². The van der Waals surface area contributed by atoms with Crippen molar-refractivity contribution in [2.24, 2.45) is 0 Å². The second kappa shape index (κ2) is 7.45. The molecule has 1 N–H and O–H groups in total. The molecule has 5 heteroatoms. The molecule has 108 valence electrons. The first-order chi connectivity index (χ1) is 9.72. The first-order valence-corrected chi connectivity index (χ1v) is 7.75. The number of hydrogen-bond acceptors (Lipinski definition) is 3. The van der Waals surface area contributed by atoms with Crippen LogP contribution < -0.4 is 0 Å². The summed E-state index contributed by atoms with van der Waals surface area (Å²) in [7, 11) is 0. The van der Waals surface area contributed by atoms with Crippen molar-refractivity contribution in [1.29, 1.82) is 0 Å². The zero-order valence-electron chi connectivity index (χ0n) is 11.6. The Morgan fingerprint density at radius 3 is 2.70 bits per heavy atom. The van der Waals surface area contributed by atoms with Gasteiger partial charge >= 0.3 is 0 Å². The van der Waals surface area contributed by atoms with Gasteiger partial charge in [0.25, 0.3) is 0 Å². The highest BCUT2D eigenvalue weighted by Crippen LogP contribution is 2.20. The topological polar surface area (TPSA) is 38.1 Å². The van der Waals surface area contributed by atoms with E-state index in [1.165, 1.54) is 12.1 Å². The molecule has 20 heavy (non-hydrogen) atoms. The Kier molecular flexibility index (Phi) is 5.61. The van der Waals surface area contributed by atoms with E-state index in [2.05, 4.69) is 11.9 Å². The van der Waals surface area contributed by atoms with Crippen molar-refractivity contribution in [2.75, 3.05) is 5.75 Å². The van der Waals surface area contributed by atoms with Crippen LogP contribution in [0.25, 0.3) is 0 Å². The third kappa shape index (κ3) is 4.08. The summed E-state index contributed by atoms with van der Waals surface area (Å²) in [5.41, 5.74) is 1.69. The Morgan fingerprint density at radius 1 is 1.30 bits per heavy atom.